The first-order chi connectivity index (χ1) is 14.7. The smallest absolute Gasteiger partial charge is 0.124 e. The van der Waals surface area contributed by atoms with E-state index in [1.165, 1.54) is 12.1 Å². The largest absolute Gasteiger partial charge is 0.489 e. The highest BCUT2D eigenvalue weighted by Gasteiger charge is 2.14. The van der Waals surface area contributed by atoms with Crippen LogP contribution in [0.25, 0.3) is 0 Å². The van der Waals surface area contributed by atoms with Crippen LogP contribution in [0.4, 0.5) is 15.8 Å². The summed E-state index contributed by atoms with van der Waals surface area (Å²) in [7, 11) is 0. The fourth-order valence-electron chi connectivity index (χ4n) is 3.41. The predicted molar refractivity (Wildman–Crippen MR) is 119 cm³/mol. The summed E-state index contributed by atoms with van der Waals surface area (Å²) >= 11 is 6.53. The second-order valence-corrected chi connectivity index (χ2v) is 7.55. The number of anilines is 2. The van der Waals surface area contributed by atoms with Gasteiger partial charge in [-0.05, 0) is 42.0 Å². The maximum absolute atomic E-state index is 13.1. The van der Waals surface area contributed by atoms with Crippen LogP contribution in [0.15, 0.2) is 66.7 Å². The van der Waals surface area contributed by atoms with Crippen molar-refractivity contribution in [1.82, 2.24) is 0 Å². The van der Waals surface area contributed by atoms with Crippen LogP contribution in [0.1, 0.15) is 11.1 Å². The van der Waals surface area contributed by atoms with Gasteiger partial charge in [0.1, 0.15) is 18.2 Å². The molecule has 0 unspecified atom stereocenters. The molecule has 1 saturated heterocycles. The van der Waals surface area contributed by atoms with Crippen LogP contribution < -0.4 is 15.0 Å². The first kappa shape index (κ1) is 20.5. The summed E-state index contributed by atoms with van der Waals surface area (Å²) in [5, 5.41) is 4.15. The van der Waals surface area contributed by atoms with E-state index in [9.17, 15) is 4.39 Å². The van der Waals surface area contributed by atoms with E-state index in [1.54, 1.807) is 12.1 Å². The SMILES string of the molecule is Fc1ccc(COc2ccccc2CNc2ccc(N3CCOCC3)c(Cl)c2)cc1. The van der Waals surface area contributed by atoms with Crippen molar-refractivity contribution in [2.45, 2.75) is 13.2 Å². The fraction of sp³-hybridized carbons (Fsp3) is 0.250. The Morgan fingerprint density at radius 3 is 2.53 bits per heavy atom. The van der Waals surface area contributed by atoms with E-state index in [0.29, 0.717) is 13.2 Å². The highest BCUT2D eigenvalue weighted by molar-refractivity contribution is 6.33. The number of para-hydroxylation sites is 1. The Balaban J connectivity index is 1.39. The zero-order valence-corrected chi connectivity index (χ0v) is 17.4. The van der Waals surface area contributed by atoms with Crippen LogP contribution in [0.5, 0.6) is 5.75 Å². The number of hydrogen-bond acceptors (Lipinski definition) is 4. The maximum atomic E-state index is 13.1. The van der Waals surface area contributed by atoms with E-state index in [4.69, 9.17) is 21.1 Å². The summed E-state index contributed by atoms with van der Waals surface area (Å²) in [6.45, 7) is 4.15. The van der Waals surface area contributed by atoms with E-state index in [0.717, 1.165) is 59.6 Å². The quantitative estimate of drug-likeness (QED) is 0.540. The Labute approximate surface area is 181 Å². The van der Waals surface area contributed by atoms with Crippen LogP contribution in [-0.2, 0) is 17.9 Å². The molecule has 4 nitrogen and oxygen atoms in total. The minimum atomic E-state index is -0.248. The summed E-state index contributed by atoms with van der Waals surface area (Å²) in [5.41, 5.74) is 3.94. The number of benzene rings is 3. The minimum absolute atomic E-state index is 0.248. The molecule has 0 aromatic heterocycles. The van der Waals surface area contributed by atoms with Gasteiger partial charge < -0.3 is 19.7 Å². The molecule has 3 aromatic carbocycles. The first-order valence-electron chi connectivity index (χ1n) is 10.0. The molecule has 1 fully saturated rings. The molecule has 1 aliphatic heterocycles. The lowest BCUT2D eigenvalue weighted by Crippen LogP contribution is -2.36. The minimum Gasteiger partial charge on any atom is -0.489 e. The molecule has 1 heterocycles. The van der Waals surface area contributed by atoms with Gasteiger partial charge in [-0.15, -0.1) is 0 Å². The van der Waals surface area contributed by atoms with Crippen LogP contribution in [0.2, 0.25) is 5.02 Å². The van der Waals surface area contributed by atoms with E-state index in [1.807, 2.05) is 42.5 Å². The van der Waals surface area contributed by atoms with Gasteiger partial charge in [-0.2, -0.15) is 0 Å². The maximum Gasteiger partial charge on any atom is 0.124 e. The Morgan fingerprint density at radius 1 is 1.00 bits per heavy atom. The van der Waals surface area contributed by atoms with Crippen molar-refractivity contribution in [3.8, 4) is 5.75 Å². The van der Waals surface area contributed by atoms with E-state index in [-0.39, 0.29) is 5.82 Å². The lowest BCUT2D eigenvalue weighted by Gasteiger charge is -2.29. The normalized spacial score (nSPS) is 13.9. The second-order valence-electron chi connectivity index (χ2n) is 7.14. The van der Waals surface area contributed by atoms with Crippen LogP contribution >= 0.6 is 11.6 Å². The van der Waals surface area contributed by atoms with E-state index >= 15 is 0 Å². The number of halogens is 2. The summed E-state index contributed by atoms with van der Waals surface area (Å²) in [4.78, 5) is 2.24. The molecular weight excluding hydrogens is 403 g/mol. The third kappa shape index (κ3) is 5.23. The zero-order chi connectivity index (χ0) is 20.8. The molecule has 0 radical (unpaired) electrons. The number of nitrogens with one attached hydrogen (secondary N) is 1. The standard InChI is InChI=1S/C24H24ClFN2O2/c25-22-15-21(9-10-23(22)28-11-13-29-14-12-28)27-16-19-3-1-2-4-24(19)30-17-18-5-7-20(26)8-6-18/h1-10,15,27H,11-14,16-17H2. The Bertz CT molecular complexity index is 975. The summed E-state index contributed by atoms with van der Waals surface area (Å²) in [6.07, 6.45) is 0. The third-order valence-electron chi connectivity index (χ3n) is 5.06. The highest BCUT2D eigenvalue weighted by Crippen LogP contribution is 2.30. The molecule has 30 heavy (non-hydrogen) atoms. The molecule has 0 saturated carbocycles. The van der Waals surface area contributed by atoms with Crippen LogP contribution in [-0.4, -0.2) is 26.3 Å². The zero-order valence-electron chi connectivity index (χ0n) is 16.6. The molecule has 4 rings (SSSR count). The topological polar surface area (TPSA) is 33.7 Å². The molecule has 6 heteroatoms. The third-order valence-corrected chi connectivity index (χ3v) is 5.37. The molecule has 3 aromatic rings. The van der Waals surface area contributed by atoms with E-state index in [2.05, 4.69) is 10.2 Å². The summed E-state index contributed by atoms with van der Waals surface area (Å²) in [6, 6.07) is 20.3. The van der Waals surface area contributed by atoms with Gasteiger partial charge in [-0.25, -0.2) is 4.39 Å². The fourth-order valence-corrected chi connectivity index (χ4v) is 3.71. The number of hydrogen-bond donors (Lipinski definition) is 1. The van der Waals surface area contributed by atoms with Gasteiger partial charge in [0.05, 0.1) is 23.9 Å². The summed E-state index contributed by atoms with van der Waals surface area (Å²) in [5.74, 6) is 0.548. The van der Waals surface area contributed by atoms with Crippen molar-refractivity contribution in [1.29, 1.82) is 0 Å². The van der Waals surface area contributed by atoms with Crippen LogP contribution in [0, 0.1) is 5.82 Å². The van der Waals surface area contributed by atoms with Gasteiger partial charge in [0.25, 0.3) is 0 Å². The van der Waals surface area contributed by atoms with E-state index < -0.39 is 0 Å². The van der Waals surface area contributed by atoms with Gasteiger partial charge in [-0.3, -0.25) is 0 Å². The highest BCUT2D eigenvalue weighted by atomic mass is 35.5. The average Bonchev–Trinajstić information content (AvgIpc) is 2.78. The van der Waals surface area contributed by atoms with Gasteiger partial charge in [0.15, 0.2) is 0 Å². The lowest BCUT2D eigenvalue weighted by molar-refractivity contribution is 0.122. The summed E-state index contributed by atoms with van der Waals surface area (Å²) < 4.78 is 24.4. The number of morpholine rings is 1. The van der Waals surface area contributed by atoms with Crippen molar-refractivity contribution in [3.05, 3.63) is 88.7 Å². The molecule has 1 N–H and O–H groups in total. The monoisotopic (exact) mass is 426 g/mol. The Morgan fingerprint density at radius 2 is 1.77 bits per heavy atom. The number of nitrogens with zero attached hydrogens (tertiary/aromatic N) is 1. The van der Waals surface area contributed by atoms with Gasteiger partial charge in [0, 0.05) is 30.9 Å². The molecule has 0 aliphatic carbocycles. The van der Waals surface area contributed by atoms with Crippen molar-refractivity contribution in [3.63, 3.8) is 0 Å². The Hall–Kier alpha value is -2.76. The van der Waals surface area contributed by atoms with Crippen molar-refractivity contribution < 1.29 is 13.9 Å². The molecular formula is C24H24ClFN2O2. The van der Waals surface area contributed by atoms with Crippen molar-refractivity contribution >= 4 is 23.0 Å². The molecule has 1 aliphatic rings. The predicted octanol–water partition coefficient (Wildman–Crippen LogP) is 5.51. The molecule has 0 atom stereocenters. The second kappa shape index (κ2) is 9.83. The molecule has 0 spiro atoms. The van der Waals surface area contributed by atoms with Gasteiger partial charge in [0.2, 0.25) is 0 Å². The first-order valence-corrected chi connectivity index (χ1v) is 10.4. The molecule has 0 amide bonds. The van der Waals surface area contributed by atoms with Gasteiger partial charge >= 0.3 is 0 Å². The van der Waals surface area contributed by atoms with Crippen molar-refractivity contribution in [2.24, 2.45) is 0 Å². The van der Waals surface area contributed by atoms with Crippen molar-refractivity contribution in [2.75, 3.05) is 36.5 Å². The van der Waals surface area contributed by atoms with Crippen LogP contribution in [0.3, 0.4) is 0 Å². The number of rotatable bonds is 7. The molecule has 156 valence electrons. The lowest BCUT2D eigenvalue weighted by atomic mass is 10.2. The number of ether oxygens (including phenoxy) is 2. The molecule has 0 bridgehead atoms. The average molecular weight is 427 g/mol. The Kier molecular flexibility index (Phi) is 6.72. The van der Waals surface area contributed by atoms with Gasteiger partial charge in [-0.1, -0.05) is 41.9 Å².